The predicted octanol–water partition coefficient (Wildman–Crippen LogP) is 3.06. The maximum atomic E-state index is 5.91. The van der Waals surface area contributed by atoms with E-state index in [4.69, 9.17) is 4.74 Å². The largest absolute Gasteiger partial charge is 0.374 e. The van der Waals surface area contributed by atoms with Crippen LogP contribution in [-0.4, -0.2) is 35.7 Å². The Morgan fingerprint density at radius 1 is 1.00 bits per heavy atom. The molecule has 90 valence electrons. The average Bonchev–Trinajstić information content (AvgIpc) is 2.46. The molecule has 2 heterocycles. The summed E-state index contributed by atoms with van der Waals surface area (Å²) in [7, 11) is 0. The number of hydrogen-bond acceptors (Lipinski definition) is 2. The van der Waals surface area contributed by atoms with Gasteiger partial charge in [-0.3, -0.25) is 4.90 Å². The first-order valence-corrected chi connectivity index (χ1v) is 6.46. The van der Waals surface area contributed by atoms with Crippen LogP contribution in [0.25, 0.3) is 0 Å². The lowest BCUT2D eigenvalue weighted by Gasteiger charge is -2.36. The van der Waals surface area contributed by atoms with E-state index < -0.39 is 0 Å². The maximum absolute atomic E-state index is 5.91. The Hall–Kier alpha value is -0.0800. The summed E-state index contributed by atoms with van der Waals surface area (Å²) in [5.74, 6) is 0. The minimum Gasteiger partial charge on any atom is -0.374 e. The monoisotopic (exact) mass is 213 g/mol. The summed E-state index contributed by atoms with van der Waals surface area (Å²) in [6.45, 7) is 13.2. The molecule has 0 N–H and O–H groups in total. The molecule has 2 fully saturated rings. The van der Waals surface area contributed by atoms with Gasteiger partial charge < -0.3 is 4.74 Å². The van der Waals surface area contributed by atoms with Gasteiger partial charge in [-0.2, -0.15) is 0 Å². The summed E-state index contributed by atoms with van der Waals surface area (Å²) in [6.07, 6.45) is 4.89. The summed E-state index contributed by atoms with van der Waals surface area (Å²) in [4.78, 5) is 2.57. The number of ether oxygens (including phenoxy) is 1. The third kappa shape index (κ3) is 3.46. The summed E-state index contributed by atoms with van der Waals surface area (Å²) in [6, 6.07) is 0. The lowest BCUT2D eigenvalue weighted by atomic mass is 10.0. The van der Waals surface area contributed by atoms with Gasteiger partial charge in [0.05, 0.1) is 12.2 Å². The molecule has 0 saturated carbocycles. The van der Waals surface area contributed by atoms with Crippen molar-refractivity contribution in [2.24, 2.45) is 0 Å². The normalized spacial score (nSPS) is 31.8. The number of hydrogen-bond donors (Lipinski definition) is 0. The molecule has 2 heteroatoms. The van der Waals surface area contributed by atoms with Crippen molar-refractivity contribution >= 4 is 0 Å². The van der Waals surface area contributed by atoms with Gasteiger partial charge >= 0.3 is 0 Å². The molecule has 2 saturated heterocycles. The van der Waals surface area contributed by atoms with E-state index in [0.29, 0.717) is 17.7 Å². The van der Waals surface area contributed by atoms with E-state index in [2.05, 4.69) is 25.7 Å². The van der Waals surface area contributed by atoms with Crippen LogP contribution in [0.5, 0.6) is 0 Å². The molecule has 2 aliphatic rings. The SMILES string of the molecule is CC.CC(C)(C)N1CCC2CCC(C1)O2. The summed E-state index contributed by atoms with van der Waals surface area (Å²) < 4.78 is 5.91. The highest BCUT2D eigenvalue weighted by molar-refractivity contribution is 4.86. The molecule has 2 rings (SSSR count). The number of nitrogens with zero attached hydrogens (tertiary/aromatic N) is 1. The van der Waals surface area contributed by atoms with Crippen molar-refractivity contribution in [1.29, 1.82) is 0 Å². The van der Waals surface area contributed by atoms with E-state index >= 15 is 0 Å². The van der Waals surface area contributed by atoms with E-state index in [1.807, 2.05) is 13.8 Å². The van der Waals surface area contributed by atoms with Crippen LogP contribution in [0.1, 0.15) is 53.9 Å². The molecule has 2 nitrogen and oxygen atoms in total. The zero-order chi connectivity index (χ0) is 11.5. The molecular formula is C13H27NO. The first-order chi connectivity index (χ1) is 7.05. The molecule has 0 amide bonds. The predicted molar refractivity (Wildman–Crippen MR) is 65.2 cm³/mol. The number of rotatable bonds is 0. The van der Waals surface area contributed by atoms with Gasteiger partial charge in [0.25, 0.3) is 0 Å². The van der Waals surface area contributed by atoms with Crippen molar-refractivity contribution in [2.45, 2.75) is 71.6 Å². The highest BCUT2D eigenvalue weighted by Crippen LogP contribution is 2.29. The average molecular weight is 213 g/mol. The molecule has 0 aromatic heterocycles. The van der Waals surface area contributed by atoms with Crippen molar-refractivity contribution in [2.75, 3.05) is 13.1 Å². The molecule has 0 aromatic carbocycles. The zero-order valence-electron chi connectivity index (χ0n) is 11.0. The molecule has 2 aliphatic heterocycles. The van der Waals surface area contributed by atoms with Gasteiger partial charge in [0, 0.05) is 18.6 Å². The van der Waals surface area contributed by atoms with Crippen molar-refractivity contribution in [3.05, 3.63) is 0 Å². The second-order valence-electron chi connectivity index (χ2n) is 5.36. The van der Waals surface area contributed by atoms with Crippen LogP contribution in [-0.2, 0) is 4.74 Å². The van der Waals surface area contributed by atoms with Crippen LogP contribution < -0.4 is 0 Å². The minimum atomic E-state index is 0.313. The van der Waals surface area contributed by atoms with Crippen LogP contribution in [0.4, 0.5) is 0 Å². The molecule has 15 heavy (non-hydrogen) atoms. The van der Waals surface area contributed by atoms with E-state index in [9.17, 15) is 0 Å². The van der Waals surface area contributed by atoms with E-state index in [1.165, 1.54) is 25.8 Å². The molecule has 2 atom stereocenters. The number of likely N-dealkylation sites (tertiary alicyclic amines) is 1. The van der Waals surface area contributed by atoms with Gasteiger partial charge in [0.2, 0.25) is 0 Å². The van der Waals surface area contributed by atoms with Crippen molar-refractivity contribution in [3.8, 4) is 0 Å². The van der Waals surface area contributed by atoms with Crippen molar-refractivity contribution in [3.63, 3.8) is 0 Å². The molecule has 0 spiro atoms. The lowest BCUT2D eigenvalue weighted by Crippen LogP contribution is -2.45. The highest BCUT2D eigenvalue weighted by atomic mass is 16.5. The Bertz CT molecular complexity index is 185. The summed E-state index contributed by atoms with van der Waals surface area (Å²) in [5.41, 5.74) is 0.313. The van der Waals surface area contributed by atoms with Crippen LogP contribution in [0.15, 0.2) is 0 Å². The fraction of sp³-hybridized carbons (Fsp3) is 1.00. The zero-order valence-corrected chi connectivity index (χ0v) is 11.0. The van der Waals surface area contributed by atoms with Gasteiger partial charge in [-0.25, -0.2) is 0 Å². The van der Waals surface area contributed by atoms with Gasteiger partial charge in [0.15, 0.2) is 0 Å². The molecule has 0 aliphatic carbocycles. The van der Waals surface area contributed by atoms with Crippen LogP contribution in [0.3, 0.4) is 0 Å². The molecule has 2 bridgehead atoms. The Kier molecular flexibility index (Phi) is 4.60. The van der Waals surface area contributed by atoms with E-state index in [-0.39, 0.29) is 0 Å². The van der Waals surface area contributed by atoms with Crippen molar-refractivity contribution in [1.82, 2.24) is 4.90 Å². The fourth-order valence-corrected chi connectivity index (χ4v) is 2.37. The van der Waals surface area contributed by atoms with Crippen molar-refractivity contribution < 1.29 is 4.74 Å². The third-order valence-electron chi connectivity index (χ3n) is 3.29. The fourth-order valence-electron chi connectivity index (χ4n) is 2.37. The standard InChI is InChI=1S/C11H21NO.C2H6/c1-11(2,3)12-7-6-9-4-5-10(8-12)13-9;1-2/h9-10H,4-8H2,1-3H3;1-2H3. The first kappa shape index (κ1) is 13.0. The van der Waals surface area contributed by atoms with E-state index in [0.717, 1.165) is 6.54 Å². The van der Waals surface area contributed by atoms with Gasteiger partial charge in [-0.15, -0.1) is 0 Å². The van der Waals surface area contributed by atoms with E-state index in [1.54, 1.807) is 0 Å². The second-order valence-corrected chi connectivity index (χ2v) is 5.36. The molecular weight excluding hydrogens is 186 g/mol. The number of fused-ring (bicyclic) bond motifs is 2. The Labute approximate surface area is 95.0 Å². The van der Waals surface area contributed by atoms with Gasteiger partial charge in [-0.05, 0) is 40.0 Å². The molecule has 2 unspecified atom stereocenters. The van der Waals surface area contributed by atoms with Gasteiger partial charge in [-0.1, -0.05) is 13.8 Å². The van der Waals surface area contributed by atoms with Crippen LogP contribution in [0.2, 0.25) is 0 Å². The Morgan fingerprint density at radius 2 is 1.60 bits per heavy atom. The molecule has 0 radical (unpaired) electrons. The Balaban J connectivity index is 0.000000531. The molecule has 0 aromatic rings. The van der Waals surface area contributed by atoms with Crippen LogP contribution in [0, 0.1) is 0 Å². The highest BCUT2D eigenvalue weighted by Gasteiger charge is 2.34. The third-order valence-corrected chi connectivity index (χ3v) is 3.29. The minimum absolute atomic E-state index is 0.313. The topological polar surface area (TPSA) is 12.5 Å². The Morgan fingerprint density at radius 3 is 2.20 bits per heavy atom. The second kappa shape index (κ2) is 5.31. The van der Waals surface area contributed by atoms with Gasteiger partial charge in [0.1, 0.15) is 0 Å². The summed E-state index contributed by atoms with van der Waals surface area (Å²) >= 11 is 0. The quantitative estimate of drug-likeness (QED) is 0.613. The maximum Gasteiger partial charge on any atom is 0.0706 e. The first-order valence-electron chi connectivity index (χ1n) is 6.46. The lowest BCUT2D eigenvalue weighted by molar-refractivity contribution is 0.0398. The summed E-state index contributed by atoms with van der Waals surface area (Å²) in [5, 5.41) is 0. The smallest absolute Gasteiger partial charge is 0.0706 e. The van der Waals surface area contributed by atoms with Crippen LogP contribution >= 0.6 is 0 Å².